The molecule has 3 nitrogen and oxygen atoms in total. The Morgan fingerprint density at radius 3 is 2.33 bits per heavy atom. The summed E-state index contributed by atoms with van der Waals surface area (Å²) >= 11 is 0. The van der Waals surface area contributed by atoms with E-state index in [1.54, 1.807) is 0 Å². The van der Waals surface area contributed by atoms with E-state index in [2.05, 4.69) is 6.07 Å². The van der Waals surface area contributed by atoms with E-state index < -0.39 is 5.41 Å². The molecule has 0 N–H and O–H groups in total. The van der Waals surface area contributed by atoms with Crippen LogP contribution in [0.1, 0.15) is 26.3 Å². The summed E-state index contributed by atoms with van der Waals surface area (Å²) in [6.07, 6.45) is 0. The third kappa shape index (κ3) is 1.87. The van der Waals surface area contributed by atoms with Crippen LogP contribution in [0.3, 0.4) is 0 Å². The zero-order chi connectivity index (χ0) is 13.2. The van der Waals surface area contributed by atoms with Crippen LogP contribution in [-0.4, -0.2) is 19.8 Å². The number of nitrogens with zero attached hydrogens (tertiary/aromatic N) is 1. The third-order valence-corrected chi connectivity index (χ3v) is 3.89. The summed E-state index contributed by atoms with van der Waals surface area (Å²) in [4.78, 5) is 0. The Hall–Kier alpha value is -1.53. The standard InChI is InChI=1S/C15H19NO2/c1-4-18-13-7-5-12(6-8-13)15(10-17-11-15)14(2,3)9-16/h5-8H,4,10-11H2,1-3H3. The van der Waals surface area contributed by atoms with Gasteiger partial charge in [-0.3, -0.25) is 0 Å². The molecule has 18 heavy (non-hydrogen) atoms. The fourth-order valence-electron chi connectivity index (χ4n) is 2.34. The van der Waals surface area contributed by atoms with Crippen LogP contribution in [0.15, 0.2) is 24.3 Å². The first-order valence-corrected chi connectivity index (χ1v) is 6.28. The van der Waals surface area contributed by atoms with E-state index in [1.165, 1.54) is 0 Å². The Kier molecular flexibility index (Phi) is 3.32. The van der Waals surface area contributed by atoms with Gasteiger partial charge in [-0.1, -0.05) is 12.1 Å². The zero-order valence-corrected chi connectivity index (χ0v) is 11.2. The lowest BCUT2D eigenvalue weighted by Gasteiger charge is -2.49. The van der Waals surface area contributed by atoms with Crippen LogP contribution >= 0.6 is 0 Å². The van der Waals surface area contributed by atoms with Gasteiger partial charge in [0.25, 0.3) is 0 Å². The summed E-state index contributed by atoms with van der Waals surface area (Å²) in [6.45, 7) is 7.81. The first-order valence-electron chi connectivity index (χ1n) is 6.28. The van der Waals surface area contributed by atoms with Gasteiger partial charge in [-0.15, -0.1) is 0 Å². The van der Waals surface area contributed by atoms with Crippen LogP contribution < -0.4 is 4.74 Å². The average molecular weight is 245 g/mol. The Bertz CT molecular complexity index is 452. The maximum atomic E-state index is 9.36. The van der Waals surface area contributed by atoms with Gasteiger partial charge in [0.1, 0.15) is 5.75 Å². The van der Waals surface area contributed by atoms with Crippen molar-refractivity contribution in [2.45, 2.75) is 26.2 Å². The predicted molar refractivity (Wildman–Crippen MR) is 69.5 cm³/mol. The summed E-state index contributed by atoms with van der Waals surface area (Å²) in [5.74, 6) is 0.867. The third-order valence-electron chi connectivity index (χ3n) is 3.89. The van der Waals surface area contributed by atoms with Crippen molar-refractivity contribution in [2.24, 2.45) is 5.41 Å². The molecule has 0 bridgehead atoms. The van der Waals surface area contributed by atoms with Gasteiger partial charge in [-0.2, -0.15) is 5.26 Å². The quantitative estimate of drug-likeness (QED) is 0.819. The van der Waals surface area contributed by atoms with Gasteiger partial charge in [-0.05, 0) is 38.5 Å². The predicted octanol–water partition coefficient (Wildman–Crippen LogP) is 2.90. The Labute approximate surface area is 108 Å². The van der Waals surface area contributed by atoms with Crippen molar-refractivity contribution in [2.75, 3.05) is 19.8 Å². The molecule has 1 aromatic rings. The van der Waals surface area contributed by atoms with Crippen molar-refractivity contribution in [3.63, 3.8) is 0 Å². The molecule has 1 saturated heterocycles. The second-order valence-electron chi connectivity index (χ2n) is 5.27. The maximum absolute atomic E-state index is 9.36. The Balaban J connectivity index is 2.32. The van der Waals surface area contributed by atoms with E-state index >= 15 is 0 Å². The van der Waals surface area contributed by atoms with Gasteiger partial charge >= 0.3 is 0 Å². The molecule has 96 valence electrons. The first kappa shape index (κ1) is 12.9. The number of nitriles is 1. The molecule has 0 aromatic heterocycles. The maximum Gasteiger partial charge on any atom is 0.119 e. The summed E-state index contributed by atoms with van der Waals surface area (Å²) in [5.41, 5.74) is 0.536. The van der Waals surface area contributed by atoms with Crippen LogP contribution in [0.2, 0.25) is 0 Å². The van der Waals surface area contributed by atoms with Crippen LogP contribution in [0, 0.1) is 16.7 Å². The van der Waals surface area contributed by atoms with Gasteiger partial charge in [0.15, 0.2) is 0 Å². The summed E-state index contributed by atoms with van der Waals surface area (Å²) in [5, 5.41) is 9.36. The number of hydrogen-bond acceptors (Lipinski definition) is 3. The van der Waals surface area contributed by atoms with Crippen molar-refractivity contribution in [1.82, 2.24) is 0 Å². The normalized spacial score (nSPS) is 17.7. The van der Waals surface area contributed by atoms with Crippen LogP contribution in [0.5, 0.6) is 5.75 Å². The van der Waals surface area contributed by atoms with Gasteiger partial charge in [0.2, 0.25) is 0 Å². The highest BCUT2D eigenvalue weighted by Crippen LogP contribution is 2.47. The summed E-state index contributed by atoms with van der Waals surface area (Å²) in [7, 11) is 0. The van der Waals surface area contributed by atoms with E-state index in [4.69, 9.17) is 9.47 Å². The highest BCUT2D eigenvalue weighted by atomic mass is 16.5. The molecule has 1 fully saturated rings. The van der Waals surface area contributed by atoms with Crippen molar-refractivity contribution in [1.29, 1.82) is 5.26 Å². The second-order valence-corrected chi connectivity index (χ2v) is 5.27. The summed E-state index contributed by atoms with van der Waals surface area (Å²) in [6, 6.07) is 10.4. The fraction of sp³-hybridized carbons (Fsp3) is 0.533. The minimum atomic E-state index is -0.432. The highest BCUT2D eigenvalue weighted by Gasteiger charge is 2.52. The second kappa shape index (κ2) is 4.62. The van der Waals surface area contributed by atoms with Gasteiger partial charge in [0.05, 0.1) is 36.7 Å². The molecule has 1 aliphatic heterocycles. The van der Waals surface area contributed by atoms with E-state index in [0.29, 0.717) is 19.8 Å². The number of hydrogen-bond donors (Lipinski definition) is 0. The van der Waals surface area contributed by atoms with E-state index in [9.17, 15) is 5.26 Å². The molecular weight excluding hydrogens is 226 g/mol. The molecule has 0 radical (unpaired) electrons. The molecule has 0 saturated carbocycles. The van der Waals surface area contributed by atoms with Crippen molar-refractivity contribution in [3.05, 3.63) is 29.8 Å². The molecule has 1 aromatic carbocycles. The van der Waals surface area contributed by atoms with Gasteiger partial charge < -0.3 is 9.47 Å². The smallest absolute Gasteiger partial charge is 0.119 e. The van der Waals surface area contributed by atoms with Gasteiger partial charge in [0, 0.05) is 0 Å². The number of benzene rings is 1. The molecule has 1 aliphatic rings. The molecule has 3 heteroatoms. The largest absolute Gasteiger partial charge is 0.494 e. The Morgan fingerprint density at radius 2 is 1.94 bits per heavy atom. The van der Waals surface area contributed by atoms with E-state index in [1.807, 2.05) is 45.0 Å². The molecule has 0 spiro atoms. The molecule has 0 unspecified atom stereocenters. The molecule has 2 rings (SSSR count). The molecule has 0 amide bonds. The number of ether oxygens (including phenoxy) is 2. The molecule has 0 atom stereocenters. The molecular formula is C15H19NO2. The SMILES string of the molecule is CCOc1ccc(C2(C(C)(C)C#N)COC2)cc1. The lowest BCUT2D eigenvalue weighted by atomic mass is 9.61. The first-order chi connectivity index (χ1) is 8.55. The van der Waals surface area contributed by atoms with Crippen LogP contribution in [-0.2, 0) is 10.2 Å². The van der Waals surface area contributed by atoms with E-state index in [0.717, 1.165) is 11.3 Å². The topological polar surface area (TPSA) is 42.2 Å². The summed E-state index contributed by atoms with van der Waals surface area (Å²) < 4.78 is 10.8. The molecule has 0 aliphatic carbocycles. The minimum absolute atomic E-state index is 0.188. The molecule has 1 heterocycles. The van der Waals surface area contributed by atoms with Crippen molar-refractivity contribution < 1.29 is 9.47 Å². The minimum Gasteiger partial charge on any atom is -0.494 e. The highest BCUT2D eigenvalue weighted by molar-refractivity contribution is 5.37. The van der Waals surface area contributed by atoms with Crippen molar-refractivity contribution in [3.8, 4) is 11.8 Å². The van der Waals surface area contributed by atoms with Crippen LogP contribution in [0.25, 0.3) is 0 Å². The zero-order valence-electron chi connectivity index (χ0n) is 11.2. The Morgan fingerprint density at radius 1 is 1.33 bits per heavy atom. The number of rotatable bonds is 4. The van der Waals surface area contributed by atoms with Crippen molar-refractivity contribution >= 4 is 0 Å². The average Bonchev–Trinajstić information content (AvgIpc) is 2.30. The monoisotopic (exact) mass is 245 g/mol. The lowest BCUT2D eigenvalue weighted by molar-refractivity contribution is -0.102. The van der Waals surface area contributed by atoms with E-state index in [-0.39, 0.29) is 5.41 Å². The van der Waals surface area contributed by atoms with Crippen LogP contribution in [0.4, 0.5) is 0 Å². The lowest BCUT2D eigenvalue weighted by Crippen LogP contribution is -2.56. The van der Waals surface area contributed by atoms with Gasteiger partial charge in [-0.25, -0.2) is 0 Å². The fourth-order valence-corrected chi connectivity index (χ4v) is 2.34.